The Morgan fingerprint density at radius 2 is 1.68 bits per heavy atom. The maximum atomic E-state index is 6.19. The first-order valence-electron chi connectivity index (χ1n) is 5.64. The average Bonchev–Trinajstić information content (AvgIpc) is 2.33. The van der Waals surface area contributed by atoms with Gasteiger partial charge in [-0.1, -0.05) is 62.9 Å². The van der Waals surface area contributed by atoms with Crippen LogP contribution in [-0.4, -0.2) is 0 Å². The number of halogens is 4. The Kier molecular flexibility index (Phi) is 5.02. The molecule has 19 heavy (non-hydrogen) atoms. The highest BCUT2D eigenvalue weighted by Crippen LogP contribution is 2.36. The number of anilines is 1. The van der Waals surface area contributed by atoms with Crippen molar-refractivity contribution >= 4 is 56.4 Å². The number of nitrogens with one attached hydrogen (secondary N) is 1. The lowest BCUT2D eigenvalue weighted by Gasteiger charge is -2.18. The Hall–Kier alpha value is -0.410. The smallest absolute Gasteiger partial charge is 0.0724 e. The molecule has 2 rings (SSSR count). The van der Waals surface area contributed by atoms with E-state index >= 15 is 0 Å². The van der Waals surface area contributed by atoms with Crippen LogP contribution in [0.3, 0.4) is 0 Å². The largest absolute Gasteiger partial charge is 0.376 e. The topological polar surface area (TPSA) is 12.0 Å². The van der Waals surface area contributed by atoms with Crippen molar-refractivity contribution in [3.8, 4) is 0 Å². The van der Waals surface area contributed by atoms with E-state index in [1.54, 1.807) is 12.1 Å². The molecule has 0 amide bonds. The minimum Gasteiger partial charge on any atom is -0.376 e. The van der Waals surface area contributed by atoms with Gasteiger partial charge in [0.05, 0.1) is 15.7 Å². The Labute approximate surface area is 136 Å². The zero-order valence-electron chi connectivity index (χ0n) is 10.1. The number of hydrogen-bond donors (Lipinski definition) is 1. The molecule has 1 N–H and O–H groups in total. The van der Waals surface area contributed by atoms with Gasteiger partial charge in [0.1, 0.15) is 0 Å². The molecule has 0 aliphatic heterocycles. The van der Waals surface area contributed by atoms with Gasteiger partial charge in [0, 0.05) is 15.5 Å². The van der Waals surface area contributed by atoms with E-state index in [1.807, 2.05) is 31.2 Å². The second-order valence-electron chi connectivity index (χ2n) is 4.17. The van der Waals surface area contributed by atoms with Crippen LogP contribution >= 0.6 is 50.7 Å². The number of benzene rings is 2. The molecule has 100 valence electrons. The van der Waals surface area contributed by atoms with Crippen LogP contribution in [0.4, 0.5) is 5.69 Å². The molecule has 0 aromatic heterocycles. The van der Waals surface area contributed by atoms with Gasteiger partial charge in [-0.15, -0.1) is 0 Å². The molecule has 2 aromatic carbocycles. The van der Waals surface area contributed by atoms with E-state index < -0.39 is 0 Å². The second kappa shape index (κ2) is 6.36. The van der Waals surface area contributed by atoms with E-state index in [0.717, 1.165) is 15.7 Å². The molecule has 1 unspecified atom stereocenters. The van der Waals surface area contributed by atoms with Crippen molar-refractivity contribution in [3.63, 3.8) is 0 Å². The maximum Gasteiger partial charge on any atom is 0.0724 e. The lowest BCUT2D eigenvalue weighted by molar-refractivity contribution is 0.885. The third-order valence-corrected chi connectivity index (χ3v) is 4.01. The first-order chi connectivity index (χ1) is 8.97. The van der Waals surface area contributed by atoms with Gasteiger partial charge in [-0.05, 0) is 36.8 Å². The van der Waals surface area contributed by atoms with Gasteiger partial charge < -0.3 is 5.32 Å². The van der Waals surface area contributed by atoms with E-state index in [9.17, 15) is 0 Å². The van der Waals surface area contributed by atoms with Gasteiger partial charge in [-0.2, -0.15) is 0 Å². The molecule has 0 heterocycles. The summed E-state index contributed by atoms with van der Waals surface area (Å²) in [6, 6.07) is 11.3. The van der Waals surface area contributed by atoms with Crippen molar-refractivity contribution in [1.82, 2.24) is 0 Å². The monoisotopic (exact) mass is 377 g/mol. The highest BCUT2D eigenvalue weighted by atomic mass is 79.9. The van der Waals surface area contributed by atoms with E-state index in [1.165, 1.54) is 0 Å². The molecule has 0 saturated heterocycles. The van der Waals surface area contributed by atoms with Gasteiger partial charge in [0.15, 0.2) is 0 Å². The van der Waals surface area contributed by atoms with E-state index in [-0.39, 0.29) is 6.04 Å². The van der Waals surface area contributed by atoms with Crippen molar-refractivity contribution in [2.24, 2.45) is 0 Å². The number of hydrogen-bond acceptors (Lipinski definition) is 1. The summed E-state index contributed by atoms with van der Waals surface area (Å²) in [4.78, 5) is 0. The molecule has 0 saturated carbocycles. The van der Waals surface area contributed by atoms with Crippen molar-refractivity contribution in [2.75, 3.05) is 5.32 Å². The molecule has 1 atom stereocenters. The predicted octanol–water partition coefficient (Wildman–Crippen LogP) is 6.58. The fourth-order valence-corrected chi connectivity index (χ4v) is 3.27. The van der Waals surface area contributed by atoms with Gasteiger partial charge in [0.25, 0.3) is 0 Å². The first-order valence-corrected chi connectivity index (χ1v) is 7.56. The van der Waals surface area contributed by atoms with Crippen LogP contribution in [0.15, 0.2) is 40.9 Å². The zero-order chi connectivity index (χ0) is 14.0. The standard InChI is InChI=1S/C14H11BrCl3N/c1-8(9-3-2-4-11(16)5-9)19-14-12(17)6-10(15)7-13(14)18/h2-8,19H,1H3. The van der Waals surface area contributed by atoms with E-state index in [2.05, 4.69) is 21.2 Å². The summed E-state index contributed by atoms with van der Waals surface area (Å²) >= 11 is 21.7. The second-order valence-corrected chi connectivity index (χ2v) is 6.33. The number of rotatable bonds is 3. The molecule has 1 nitrogen and oxygen atoms in total. The SMILES string of the molecule is CC(Nc1c(Cl)cc(Br)cc1Cl)c1cccc(Cl)c1. The first kappa shape index (κ1) is 15.0. The lowest BCUT2D eigenvalue weighted by atomic mass is 10.1. The molecule has 5 heteroatoms. The maximum absolute atomic E-state index is 6.19. The molecule has 0 spiro atoms. The third kappa shape index (κ3) is 3.79. The highest BCUT2D eigenvalue weighted by Gasteiger charge is 2.12. The third-order valence-electron chi connectivity index (χ3n) is 2.72. The molecular weight excluding hydrogens is 368 g/mol. The minimum absolute atomic E-state index is 0.0508. The Balaban J connectivity index is 2.26. The summed E-state index contributed by atoms with van der Waals surface area (Å²) < 4.78 is 0.850. The summed E-state index contributed by atoms with van der Waals surface area (Å²) in [5, 5.41) is 5.17. The molecule has 0 radical (unpaired) electrons. The lowest BCUT2D eigenvalue weighted by Crippen LogP contribution is -2.07. The summed E-state index contributed by atoms with van der Waals surface area (Å²) in [7, 11) is 0. The van der Waals surface area contributed by atoms with Crippen LogP contribution in [0.5, 0.6) is 0 Å². The molecule has 0 bridgehead atoms. The summed E-state index contributed by atoms with van der Waals surface area (Å²) in [5.41, 5.74) is 1.79. The van der Waals surface area contributed by atoms with Crippen LogP contribution < -0.4 is 5.32 Å². The molecule has 2 aromatic rings. The van der Waals surface area contributed by atoms with E-state index in [0.29, 0.717) is 15.1 Å². The van der Waals surface area contributed by atoms with Crippen molar-refractivity contribution < 1.29 is 0 Å². The molecule has 0 aliphatic rings. The highest BCUT2D eigenvalue weighted by molar-refractivity contribution is 9.10. The van der Waals surface area contributed by atoms with Gasteiger partial charge in [-0.3, -0.25) is 0 Å². The molecular formula is C14H11BrCl3N. The summed E-state index contributed by atoms with van der Waals surface area (Å²) in [5.74, 6) is 0. The van der Waals surface area contributed by atoms with Gasteiger partial charge in [0.2, 0.25) is 0 Å². The summed E-state index contributed by atoms with van der Waals surface area (Å²) in [6.45, 7) is 2.03. The Morgan fingerprint density at radius 1 is 1.05 bits per heavy atom. The van der Waals surface area contributed by atoms with Crippen LogP contribution in [0.1, 0.15) is 18.5 Å². The normalized spacial score (nSPS) is 12.3. The fourth-order valence-electron chi connectivity index (χ4n) is 1.76. The van der Waals surface area contributed by atoms with E-state index in [4.69, 9.17) is 34.8 Å². The Morgan fingerprint density at radius 3 is 2.26 bits per heavy atom. The summed E-state index contributed by atoms with van der Waals surface area (Å²) in [6.07, 6.45) is 0. The van der Waals surface area contributed by atoms with Crippen LogP contribution in [0.25, 0.3) is 0 Å². The van der Waals surface area contributed by atoms with Crippen molar-refractivity contribution in [3.05, 3.63) is 61.5 Å². The predicted molar refractivity (Wildman–Crippen MR) is 87.7 cm³/mol. The molecule has 0 aliphatic carbocycles. The minimum atomic E-state index is 0.0508. The Bertz CT molecular complexity index is 578. The van der Waals surface area contributed by atoms with Gasteiger partial charge >= 0.3 is 0 Å². The van der Waals surface area contributed by atoms with Crippen molar-refractivity contribution in [2.45, 2.75) is 13.0 Å². The zero-order valence-corrected chi connectivity index (χ0v) is 13.9. The van der Waals surface area contributed by atoms with Crippen LogP contribution in [-0.2, 0) is 0 Å². The van der Waals surface area contributed by atoms with Gasteiger partial charge in [-0.25, -0.2) is 0 Å². The molecule has 0 fully saturated rings. The quantitative estimate of drug-likeness (QED) is 0.635. The van der Waals surface area contributed by atoms with Crippen LogP contribution in [0.2, 0.25) is 15.1 Å². The van der Waals surface area contributed by atoms with Crippen molar-refractivity contribution in [1.29, 1.82) is 0 Å². The fraction of sp³-hybridized carbons (Fsp3) is 0.143. The van der Waals surface area contributed by atoms with Crippen LogP contribution in [0, 0.1) is 0 Å². The average molecular weight is 380 g/mol.